The van der Waals surface area contributed by atoms with Crippen LogP contribution in [0.3, 0.4) is 0 Å². The van der Waals surface area contributed by atoms with E-state index in [2.05, 4.69) is 193 Å². The van der Waals surface area contributed by atoms with Crippen molar-refractivity contribution >= 4 is 28.4 Å². The highest BCUT2D eigenvalue weighted by molar-refractivity contribution is 5.98. The molecule has 0 fully saturated rings. The molecule has 0 saturated heterocycles. The molecule has 4 heteroatoms. The number of rotatable bonds is 5. The summed E-state index contributed by atoms with van der Waals surface area (Å²) in [6.07, 6.45) is 31.5. The maximum Gasteiger partial charge on any atom is 0.0753 e. The van der Waals surface area contributed by atoms with Crippen molar-refractivity contribution in [2.75, 3.05) is 4.90 Å². The minimum atomic E-state index is -0.547. The quantitative estimate of drug-likeness (QED) is 0.175. The van der Waals surface area contributed by atoms with E-state index in [1.54, 1.807) is 0 Å². The fraction of sp³-hybridized carbons (Fsp3) is 0.127. The smallest absolute Gasteiger partial charge is 0.0753 e. The molecule has 3 atom stereocenters. The molecule has 282 valence electrons. The summed E-state index contributed by atoms with van der Waals surface area (Å²) in [5, 5.41) is 1.31. The van der Waals surface area contributed by atoms with Crippen molar-refractivity contribution in [1.29, 1.82) is 0 Å². The van der Waals surface area contributed by atoms with Gasteiger partial charge in [0.2, 0.25) is 0 Å². The van der Waals surface area contributed by atoms with Gasteiger partial charge in [-0.3, -0.25) is 9.97 Å². The predicted octanol–water partition coefficient (Wildman–Crippen LogP) is 12.9. The summed E-state index contributed by atoms with van der Waals surface area (Å²) in [5.74, 6) is 0.377. The summed E-state index contributed by atoms with van der Waals surface area (Å²) in [6, 6.07) is 41.1. The zero-order valence-corrected chi connectivity index (χ0v) is 33.0. The van der Waals surface area contributed by atoms with Crippen LogP contribution in [0.1, 0.15) is 59.2 Å². The Morgan fingerprint density at radius 3 is 2.37 bits per heavy atom. The lowest BCUT2D eigenvalue weighted by molar-refractivity contribution is 0.745. The molecule has 4 nitrogen and oxygen atoms in total. The predicted molar refractivity (Wildman–Crippen MR) is 242 cm³/mol. The van der Waals surface area contributed by atoms with Crippen molar-refractivity contribution in [2.45, 2.75) is 43.6 Å². The molecule has 1 aliphatic heterocycles. The van der Waals surface area contributed by atoms with Gasteiger partial charge in [0.1, 0.15) is 0 Å². The first-order valence-corrected chi connectivity index (χ1v) is 20.9. The number of pyridine rings is 2. The Morgan fingerprint density at radius 2 is 1.53 bits per heavy atom. The molecule has 4 heterocycles. The van der Waals surface area contributed by atoms with E-state index in [1.807, 2.05) is 12.4 Å². The van der Waals surface area contributed by atoms with Gasteiger partial charge < -0.3 is 9.47 Å². The number of hydrogen-bond donors (Lipinski definition) is 0. The Bertz CT molecular complexity index is 3030. The summed E-state index contributed by atoms with van der Waals surface area (Å²) in [6.45, 7) is 2.29. The molecule has 3 aromatic heterocycles. The van der Waals surface area contributed by atoms with Crippen LogP contribution in [0.2, 0.25) is 0 Å². The molecule has 0 spiro atoms. The molecule has 0 bridgehead atoms. The first kappa shape index (κ1) is 34.0. The van der Waals surface area contributed by atoms with E-state index in [-0.39, 0.29) is 0 Å². The molecule has 0 amide bonds. The molecular weight excluding hydrogens is 717 g/mol. The Kier molecular flexibility index (Phi) is 7.65. The first-order valence-electron chi connectivity index (χ1n) is 20.9. The van der Waals surface area contributed by atoms with Crippen LogP contribution in [0.25, 0.3) is 45.1 Å². The number of nitrogens with zero attached hydrogens (tertiary/aromatic N) is 4. The number of fused-ring (bicyclic) bond motifs is 9. The second-order valence-corrected chi connectivity index (χ2v) is 16.4. The van der Waals surface area contributed by atoms with Crippen LogP contribution in [0, 0.1) is 0 Å². The Hall–Kier alpha value is -7.04. The van der Waals surface area contributed by atoms with Crippen molar-refractivity contribution in [1.82, 2.24) is 14.5 Å². The number of aryl methyl sites for hydroxylation is 1. The highest BCUT2D eigenvalue weighted by atomic mass is 15.2. The van der Waals surface area contributed by atoms with Crippen LogP contribution in [0.4, 0.5) is 11.4 Å². The minimum Gasteiger partial charge on any atom is -0.333 e. The molecule has 59 heavy (non-hydrogen) atoms. The third-order valence-electron chi connectivity index (χ3n) is 13.4. The molecule has 12 rings (SSSR count). The lowest BCUT2D eigenvalue weighted by Gasteiger charge is -2.35. The number of anilines is 2. The third-order valence-corrected chi connectivity index (χ3v) is 13.4. The van der Waals surface area contributed by atoms with E-state index >= 15 is 0 Å². The lowest BCUT2D eigenvalue weighted by Crippen LogP contribution is -2.30. The highest BCUT2D eigenvalue weighted by Gasteiger charge is 2.49. The topological polar surface area (TPSA) is 34.0 Å². The molecular formula is C55H42N4. The van der Waals surface area contributed by atoms with Crippen LogP contribution in [0.15, 0.2) is 194 Å². The van der Waals surface area contributed by atoms with Crippen molar-refractivity contribution < 1.29 is 0 Å². The zero-order valence-electron chi connectivity index (χ0n) is 33.0. The van der Waals surface area contributed by atoms with Gasteiger partial charge in [0.15, 0.2) is 0 Å². The standard InChI is InChI=1S/C55H42N4/c1-36-13-3-2-4-18-47(36)55(39-14-11-31-56-35-39)48-19-12-32-57-54(48)46-34-53-45(33-49(46)55)44-17-7-10-22-52(44)59(53)41-29-25-38(26-30-41)37-23-27-40(28-24-37)58-50-20-8-5-15-42(50)43-16-6-9-21-51(43)58/h2-6,8-12,14-16,18-35,42,50H,7,13,17H2,1H3. The van der Waals surface area contributed by atoms with Crippen molar-refractivity contribution in [3.05, 3.63) is 227 Å². The van der Waals surface area contributed by atoms with E-state index in [0.717, 1.165) is 30.6 Å². The third kappa shape index (κ3) is 4.96. The van der Waals surface area contributed by atoms with Crippen LogP contribution in [-0.2, 0) is 11.8 Å². The van der Waals surface area contributed by atoms with E-state index in [0.29, 0.717) is 12.0 Å². The van der Waals surface area contributed by atoms with Crippen LogP contribution in [-0.4, -0.2) is 20.6 Å². The molecule has 3 unspecified atom stereocenters. The monoisotopic (exact) mass is 758 g/mol. The minimum absolute atomic E-state index is 0.295. The van der Waals surface area contributed by atoms with Gasteiger partial charge in [-0.05, 0) is 131 Å². The second kappa shape index (κ2) is 13.3. The maximum atomic E-state index is 5.15. The van der Waals surface area contributed by atoms with E-state index in [4.69, 9.17) is 9.97 Å². The van der Waals surface area contributed by atoms with Gasteiger partial charge >= 0.3 is 0 Å². The summed E-state index contributed by atoms with van der Waals surface area (Å²) in [4.78, 5) is 12.4. The molecule has 4 aromatic carbocycles. The highest BCUT2D eigenvalue weighted by Crippen LogP contribution is 2.58. The lowest BCUT2D eigenvalue weighted by atomic mass is 9.66. The fourth-order valence-corrected chi connectivity index (χ4v) is 10.9. The summed E-state index contributed by atoms with van der Waals surface area (Å²) >= 11 is 0. The Morgan fingerprint density at radius 1 is 0.712 bits per heavy atom. The van der Waals surface area contributed by atoms with Gasteiger partial charge in [0.05, 0.1) is 22.7 Å². The van der Waals surface area contributed by atoms with Gasteiger partial charge in [0, 0.05) is 58.2 Å². The summed E-state index contributed by atoms with van der Waals surface area (Å²) in [7, 11) is 0. The summed E-state index contributed by atoms with van der Waals surface area (Å²) in [5.41, 5.74) is 19.4. The Labute approximate surface area is 345 Å². The molecule has 4 aliphatic carbocycles. The number of benzene rings is 4. The maximum absolute atomic E-state index is 5.15. The average molecular weight is 759 g/mol. The van der Waals surface area contributed by atoms with Crippen LogP contribution >= 0.6 is 0 Å². The average Bonchev–Trinajstić information content (AvgIpc) is 3.84. The zero-order chi connectivity index (χ0) is 39.1. The van der Waals surface area contributed by atoms with Crippen LogP contribution in [0.5, 0.6) is 0 Å². The van der Waals surface area contributed by atoms with Gasteiger partial charge in [-0.1, -0.05) is 115 Å². The van der Waals surface area contributed by atoms with Gasteiger partial charge in [-0.15, -0.1) is 0 Å². The number of aromatic nitrogens is 3. The van der Waals surface area contributed by atoms with E-state index in [9.17, 15) is 0 Å². The molecule has 5 aliphatic rings. The SMILES string of the molecule is CC1=C(C2(c3cccnc3)c3cc4c5c(n(-c6ccc(-c7ccc(N8c9ccccc9C9C=CC=CC98)cc7)cc6)c4cc3-c3ncccc32)C=CCC5)C=CC=CC1. The fourth-order valence-electron chi connectivity index (χ4n) is 10.9. The summed E-state index contributed by atoms with van der Waals surface area (Å²) < 4.78 is 2.48. The number of para-hydroxylation sites is 1. The number of allylic oxidation sites excluding steroid dienone is 9. The van der Waals surface area contributed by atoms with E-state index in [1.165, 1.54) is 83.6 Å². The van der Waals surface area contributed by atoms with Gasteiger partial charge in [-0.2, -0.15) is 0 Å². The molecule has 0 radical (unpaired) electrons. The number of hydrogen-bond acceptors (Lipinski definition) is 3. The van der Waals surface area contributed by atoms with Gasteiger partial charge in [-0.25, -0.2) is 0 Å². The second-order valence-electron chi connectivity index (χ2n) is 16.4. The first-order chi connectivity index (χ1) is 29.2. The van der Waals surface area contributed by atoms with Gasteiger partial charge in [0.25, 0.3) is 0 Å². The van der Waals surface area contributed by atoms with E-state index < -0.39 is 5.41 Å². The Balaban J connectivity index is 0.978. The van der Waals surface area contributed by atoms with Crippen molar-refractivity contribution in [3.63, 3.8) is 0 Å². The van der Waals surface area contributed by atoms with Crippen molar-refractivity contribution in [3.8, 4) is 28.1 Å². The normalized spacial score (nSPS) is 20.7. The largest absolute Gasteiger partial charge is 0.333 e. The van der Waals surface area contributed by atoms with Crippen LogP contribution < -0.4 is 4.90 Å². The molecule has 0 N–H and O–H groups in total. The molecule has 0 saturated carbocycles. The van der Waals surface area contributed by atoms with Crippen molar-refractivity contribution in [2.24, 2.45) is 0 Å². The molecule has 7 aromatic rings.